The lowest BCUT2D eigenvalue weighted by atomic mass is 9.65. The predicted molar refractivity (Wildman–Crippen MR) is 137 cm³/mol. The molecule has 0 aromatic heterocycles. The number of amides is 2. The third-order valence-corrected chi connectivity index (χ3v) is 8.45. The number of carboxylic acids is 1. The number of fused-ring (bicyclic) bond motifs is 1. The van der Waals surface area contributed by atoms with Crippen molar-refractivity contribution in [1.82, 2.24) is 4.90 Å². The maximum absolute atomic E-state index is 14.4. The number of aliphatic hydroxyl groups excluding tert-OH is 1. The van der Waals surface area contributed by atoms with Crippen molar-refractivity contribution in [2.45, 2.75) is 69.1 Å². The van der Waals surface area contributed by atoms with Crippen LogP contribution in [0.5, 0.6) is 5.75 Å². The van der Waals surface area contributed by atoms with Gasteiger partial charge in [0.1, 0.15) is 23.3 Å². The monoisotopic (exact) mass is 514 g/mol. The first-order valence-corrected chi connectivity index (χ1v) is 13.2. The van der Waals surface area contributed by atoms with Crippen molar-refractivity contribution < 1.29 is 34.1 Å². The lowest BCUT2D eigenvalue weighted by Crippen LogP contribution is -2.56. The molecule has 3 heterocycles. The van der Waals surface area contributed by atoms with Crippen molar-refractivity contribution in [2.24, 2.45) is 11.8 Å². The zero-order valence-electron chi connectivity index (χ0n) is 21.7. The van der Waals surface area contributed by atoms with E-state index >= 15 is 0 Å². The number of nitrogens with zero attached hydrogens (tertiary/aromatic N) is 2. The van der Waals surface area contributed by atoms with E-state index in [4.69, 9.17) is 14.6 Å². The van der Waals surface area contributed by atoms with E-state index in [2.05, 4.69) is 6.58 Å². The molecule has 37 heavy (non-hydrogen) atoms. The Kier molecular flexibility index (Phi) is 7.94. The summed E-state index contributed by atoms with van der Waals surface area (Å²) in [6.45, 7) is 6.38. The molecule has 3 aliphatic heterocycles. The smallest absolute Gasteiger partial charge is 0.310 e. The number of carboxylic acid groups (broad SMARTS) is 1. The maximum atomic E-state index is 14.4. The first-order valence-electron chi connectivity index (χ1n) is 13.2. The summed E-state index contributed by atoms with van der Waals surface area (Å²) in [4.78, 5) is 43.9. The third-order valence-electron chi connectivity index (χ3n) is 8.45. The molecule has 5 atom stereocenters. The Balaban J connectivity index is 1.73. The van der Waals surface area contributed by atoms with Gasteiger partial charge in [0.15, 0.2) is 0 Å². The van der Waals surface area contributed by atoms with Gasteiger partial charge in [-0.3, -0.25) is 14.4 Å². The van der Waals surface area contributed by atoms with Gasteiger partial charge in [0, 0.05) is 25.4 Å². The average molecular weight is 515 g/mol. The number of aliphatic carboxylic acids is 1. The largest absolute Gasteiger partial charge is 0.497 e. The van der Waals surface area contributed by atoms with E-state index in [1.807, 2.05) is 6.92 Å². The first kappa shape index (κ1) is 27.1. The molecule has 0 aliphatic carbocycles. The number of carbonyl (C=O) groups excluding carboxylic acids is 2. The lowest BCUT2D eigenvalue weighted by Gasteiger charge is -2.37. The normalized spacial score (nSPS) is 29.9. The van der Waals surface area contributed by atoms with Gasteiger partial charge in [0.2, 0.25) is 5.91 Å². The quantitative estimate of drug-likeness (QED) is 0.307. The molecular formula is C28H38N2O7. The second-order valence-corrected chi connectivity index (χ2v) is 10.3. The predicted octanol–water partition coefficient (Wildman–Crippen LogP) is 3.01. The highest BCUT2D eigenvalue weighted by Crippen LogP contribution is 2.64. The summed E-state index contributed by atoms with van der Waals surface area (Å²) in [5.74, 6) is -2.88. The van der Waals surface area contributed by atoms with Crippen molar-refractivity contribution in [3.8, 4) is 5.75 Å². The number of aliphatic hydroxyl groups is 1. The number of methoxy groups -OCH3 is 1. The summed E-state index contributed by atoms with van der Waals surface area (Å²) in [5.41, 5.74) is -1.49. The van der Waals surface area contributed by atoms with Crippen molar-refractivity contribution in [1.29, 1.82) is 0 Å². The van der Waals surface area contributed by atoms with Gasteiger partial charge in [-0.15, -0.1) is 6.58 Å². The van der Waals surface area contributed by atoms with Crippen LogP contribution in [0.3, 0.4) is 0 Å². The van der Waals surface area contributed by atoms with Crippen LogP contribution in [0.2, 0.25) is 0 Å². The molecule has 2 bridgehead atoms. The lowest BCUT2D eigenvalue weighted by molar-refractivity contribution is -0.155. The van der Waals surface area contributed by atoms with Gasteiger partial charge in [-0.2, -0.15) is 0 Å². The first-order chi connectivity index (χ1) is 17.8. The molecule has 2 unspecified atom stereocenters. The van der Waals surface area contributed by atoms with Crippen molar-refractivity contribution in [3.63, 3.8) is 0 Å². The second-order valence-electron chi connectivity index (χ2n) is 10.3. The summed E-state index contributed by atoms with van der Waals surface area (Å²) >= 11 is 0. The third kappa shape index (κ3) is 4.42. The van der Waals surface area contributed by atoms with Gasteiger partial charge in [-0.05, 0) is 56.4 Å². The molecule has 202 valence electrons. The van der Waals surface area contributed by atoms with Crippen LogP contribution in [0.1, 0.15) is 51.9 Å². The van der Waals surface area contributed by atoms with Crippen LogP contribution in [0.4, 0.5) is 5.69 Å². The van der Waals surface area contributed by atoms with Gasteiger partial charge >= 0.3 is 5.97 Å². The maximum Gasteiger partial charge on any atom is 0.310 e. The highest BCUT2D eigenvalue weighted by molar-refractivity contribution is 6.04. The van der Waals surface area contributed by atoms with E-state index in [1.165, 1.54) is 0 Å². The number of likely N-dealkylation sites (tertiary alicyclic amines) is 1. The summed E-state index contributed by atoms with van der Waals surface area (Å²) in [6.07, 6.45) is 5.99. The number of ether oxygens (including phenoxy) is 2. The molecular weight excluding hydrogens is 476 g/mol. The van der Waals surface area contributed by atoms with Crippen LogP contribution in [0.25, 0.3) is 0 Å². The number of benzene rings is 1. The fraction of sp³-hybridized carbons (Fsp3) is 0.607. The Morgan fingerprint density at radius 1 is 1.22 bits per heavy atom. The molecule has 2 amide bonds. The van der Waals surface area contributed by atoms with E-state index in [0.29, 0.717) is 50.1 Å². The molecule has 9 heteroatoms. The van der Waals surface area contributed by atoms with Crippen LogP contribution < -0.4 is 9.64 Å². The van der Waals surface area contributed by atoms with Crippen LogP contribution in [0, 0.1) is 11.8 Å². The standard InChI is InChI=1S/C28H38N2O7/c1-4-16-29(19-10-12-20(36-3)13-11-19)25(33)23-28-15-14-27(5-2,37-28)22(26(34)35)21(28)24(32)30(23)17-8-6-7-9-18-31/h4,10-13,21-23,31H,1,5-9,14-18H2,2-3H3,(H,34,35)/t21-,22-,23?,27+,28?/m0/s1. The molecule has 1 spiro atoms. The van der Waals surface area contributed by atoms with E-state index in [0.717, 1.165) is 12.8 Å². The van der Waals surface area contributed by atoms with E-state index in [1.54, 1.807) is 47.3 Å². The number of hydrogen-bond acceptors (Lipinski definition) is 6. The van der Waals surface area contributed by atoms with E-state index in [-0.39, 0.29) is 25.0 Å². The van der Waals surface area contributed by atoms with Crippen LogP contribution >= 0.6 is 0 Å². The van der Waals surface area contributed by atoms with Crippen LogP contribution in [-0.4, -0.2) is 76.9 Å². The zero-order chi connectivity index (χ0) is 26.8. The highest BCUT2D eigenvalue weighted by Gasteiger charge is 2.79. The van der Waals surface area contributed by atoms with E-state index in [9.17, 15) is 19.5 Å². The van der Waals surface area contributed by atoms with E-state index < -0.39 is 35.0 Å². The Morgan fingerprint density at radius 3 is 2.51 bits per heavy atom. The molecule has 4 rings (SSSR count). The topological polar surface area (TPSA) is 117 Å². The number of anilines is 1. The van der Waals surface area contributed by atoms with Gasteiger partial charge < -0.3 is 29.5 Å². The van der Waals surface area contributed by atoms with Crippen molar-refractivity contribution >= 4 is 23.5 Å². The summed E-state index contributed by atoms with van der Waals surface area (Å²) in [6, 6.07) is 6.17. The summed E-state index contributed by atoms with van der Waals surface area (Å²) in [7, 11) is 1.57. The van der Waals surface area contributed by atoms with Gasteiger partial charge in [-0.1, -0.05) is 25.8 Å². The minimum absolute atomic E-state index is 0.112. The molecule has 3 fully saturated rings. The molecule has 2 N–H and O–H groups in total. The van der Waals surface area contributed by atoms with Crippen LogP contribution in [-0.2, 0) is 19.1 Å². The van der Waals surface area contributed by atoms with Crippen molar-refractivity contribution in [3.05, 3.63) is 36.9 Å². The molecule has 3 aliphatic rings. The fourth-order valence-electron chi connectivity index (χ4n) is 6.72. The average Bonchev–Trinajstić information content (AvgIpc) is 3.50. The number of unbranched alkanes of at least 4 members (excludes halogenated alkanes) is 3. The second kappa shape index (κ2) is 10.8. The molecule has 9 nitrogen and oxygen atoms in total. The number of carbonyl (C=O) groups is 3. The van der Waals surface area contributed by atoms with Crippen LogP contribution in [0.15, 0.2) is 36.9 Å². The Hall–Kier alpha value is -2.91. The zero-order valence-corrected chi connectivity index (χ0v) is 21.7. The summed E-state index contributed by atoms with van der Waals surface area (Å²) in [5, 5.41) is 19.3. The Morgan fingerprint density at radius 2 is 1.92 bits per heavy atom. The SMILES string of the molecule is C=CCN(C(=O)C1N(CCCCCCO)C(=O)[C@@H]2[C@@H](C(=O)O)[C@@]3(CC)CCC12O3)c1ccc(OC)cc1. The number of rotatable bonds is 13. The molecule has 1 aromatic rings. The van der Waals surface area contributed by atoms with Gasteiger partial charge in [0.25, 0.3) is 5.91 Å². The van der Waals surface area contributed by atoms with Crippen molar-refractivity contribution in [2.75, 3.05) is 31.7 Å². The molecule has 0 radical (unpaired) electrons. The molecule has 1 aromatic carbocycles. The molecule has 3 saturated heterocycles. The minimum atomic E-state index is -1.18. The number of hydrogen-bond donors (Lipinski definition) is 2. The molecule has 0 saturated carbocycles. The van der Waals surface area contributed by atoms with Gasteiger partial charge in [0.05, 0.1) is 18.6 Å². The Bertz CT molecular complexity index is 1030. The van der Waals surface area contributed by atoms with Gasteiger partial charge in [-0.25, -0.2) is 0 Å². The minimum Gasteiger partial charge on any atom is -0.497 e. The summed E-state index contributed by atoms with van der Waals surface area (Å²) < 4.78 is 11.9. The Labute approximate surface area is 218 Å². The fourth-order valence-corrected chi connectivity index (χ4v) is 6.72. The highest BCUT2D eigenvalue weighted by atomic mass is 16.5.